The third-order valence-electron chi connectivity index (χ3n) is 5.23. The monoisotopic (exact) mass is 421 g/mol. The second-order valence-corrected chi connectivity index (χ2v) is 7.24. The summed E-state index contributed by atoms with van der Waals surface area (Å²) in [5, 5.41) is 2.56. The van der Waals surface area contributed by atoms with Crippen molar-refractivity contribution in [3.05, 3.63) is 47.7 Å². The van der Waals surface area contributed by atoms with Crippen LogP contribution < -0.4 is 15.8 Å². The number of aromatic nitrogens is 2. The van der Waals surface area contributed by atoms with Gasteiger partial charge in [0.15, 0.2) is 5.67 Å². The zero-order valence-corrected chi connectivity index (χ0v) is 16.7. The van der Waals surface area contributed by atoms with Crippen molar-refractivity contribution < 1.29 is 22.7 Å². The Kier molecular flexibility index (Phi) is 5.69. The van der Waals surface area contributed by atoms with E-state index in [1.165, 1.54) is 31.6 Å². The number of rotatable bonds is 5. The Morgan fingerprint density at radius 3 is 2.70 bits per heavy atom. The van der Waals surface area contributed by atoms with Gasteiger partial charge in [-0.2, -0.15) is 0 Å². The Hall–Kier alpha value is -3.17. The average Bonchev–Trinajstić information content (AvgIpc) is 2.72. The van der Waals surface area contributed by atoms with Crippen LogP contribution in [-0.2, 0) is 5.54 Å². The molecule has 0 aliphatic carbocycles. The van der Waals surface area contributed by atoms with E-state index in [0.717, 1.165) is 13.0 Å². The van der Waals surface area contributed by atoms with E-state index in [4.69, 9.17) is 10.5 Å². The number of methoxy groups -OCH3 is 1. The highest BCUT2D eigenvalue weighted by molar-refractivity contribution is 6.02. The summed E-state index contributed by atoms with van der Waals surface area (Å²) in [6.45, 7) is 2.75. The van der Waals surface area contributed by atoms with E-state index in [1.54, 1.807) is 6.92 Å². The highest BCUT2D eigenvalue weighted by atomic mass is 19.2. The van der Waals surface area contributed by atoms with Crippen molar-refractivity contribution in [3.8, 4) is 5.88 Å². The van der Waals surface area contributed by atoms with Crippen LogP contribution in [0.5, 0.6) is 5.88 Å². The van der Waals surface area contributed by atoms with Crippen LogP contribution in [0, 0.1) is 5.82 Å². The van der Waals surface area contributed by atoms with Crippen molar-refractivity contribution in [2.45, 2.75) is 44.1 Å². The molecule has 0 spiro atoms. The van der Waals surface area contributed by atoms with Crippen LogP contribution in [0.4, 0.5) is 18.9 Å². The minimum atomic E-state index is -2.12. The SMILES string of the molecule is CC[C@]1(c2cc(NC(=O)c3cnc(OC)cn3)ccc2F)N=C(N)[C@@](C)(F)C[C@@H]1F. The van der Waals surface area contributed by atoms with Crippen LogP contribution >= 0.6 is 0 Å². The molecule has 1 aromatic heterocycles. The number of nitrogens with two attached hydrogens (primary N) is 1. The number of carbonyl (C=O) groups is 1. The van der Waals surface area contributed by atoms with Gasteiger partial charge in [0.1, 0.15) is 29.1 Å². The van der Waals surface area contributed by atoms with Crippen LogP contribution in [0.1, 0.15) is 42.7 Å². The maximum absolute atomic E-state index is 15.1. The topological polar surface area (TPSA) is 102 Å². The van der Waals surface area contributed by atoms with Gasteiger partial charge in [0.25, 0.3) is 5.91 Å². The van der Waals surface area contributed by atoms with E-state index in [0.29, 0.717) is 0 Å². The van der Waals surface area contributed by atoms with E-state index < -0.39 is 35.5 Å². The number of nitrogens with one attached hydrogen (secondary N) is 1. The van der Waals surface area contributed by atoms with Crippen molar-refractivity contribution in [1.29, 1.82) is 0 Å². The molecular weight excluding hydrogens is 399 g/mol. The van der Waals surface area contributed by atoms with Crippen LogP contribution in [0.2, 0.25) is 0 Å². The fraction of sp³-hybridized carbons (Fsp3) is 0.400. The highest BCUT2D eigenvalue weighted by Crippen LogP contribution is 2.45. The molecule has 10 heteroatoms. The minimum absolute atomic E-state index is 0.00313. The fourth-order valence-corrected chi connectivity index (χ4v) is 3.40. The number of carbonyl (C=O) groups excluding carboxylic acids is 1. The number of amidine groups is 1. The summed E-state index contributed by atoms with van der Waals surface area (Å²) in [6.07, 6.45) is 0.185. The Labute approximate surface area is 171 Å². The third-order valence-corrected chi connectivity index (χ3v) is 5.23. The first-order chi connectivity index (χ1) is 14.1. The molecule has 0 bridgehead atoms. The molecule has 7 nitrogen and oxygen atoms in total. The van der Waals surface area contributed by atoms with Gasteiger partial charge in [-0.3, -0.25) is 9.79 Å². The Morgan fingerprint density at radius 1 is 1.37 bits per heavy atom. The summed E-state index contributed by atoms with van der Waals surface area (Å²) in [5.74, 6) is -1.49. The lowest BCUT2D eigenvalue weighted by Gasteiger charge is -2.40. The molecule has 1 aliphatic heterocycles. The highest BCUT2D eigenvalue weighted by Gasteiger charge is 2.51. The number of amides is 1. The van der Waals surface area contributed by atoms with Crippen molar-refractivity contribution >= 4 is 17.4 Å². The molecule has 0 fully saturated rings. The molecule has 160 valence electrons. The second kappa shape index (κ2) is 7.92. The number of aliphatic imine (C=N–C) groups is 1. The van der Waals surface area contributed by atoms with Crippen molar-refractivity contribution in [3.63, 3.8) is 0 Å². The van der Waals surface area contributed by atoms with E-state index in [9.17, 15) is 13.6 Å². The maximum atomic E-state index is 15.1. The van der Waals surface area contributed by atoms with E-state index in [-0.39, 0.29) is 35.1 Å². The van der Waals surface area contributed by atoms with Gasteiger partial charge in [-0.1, -0.05) is 6.92 Å². The predicted octanol–water partition coefficient (Wildman–Crippen LogP) is 3.31. The molecule has 1 amide bonds. The Balaban J connectivity index is 1.96. The van der Waals surface area contributed by atoms with Crippen molar-refractivity contribution in [2.75, 3.05) is 12.4 Å². The molecule has 1 aliphatic rings. The molecule has 3 N–H and O–H groups in total. The fourth-order valence-electron chi connectivity index (χ4n) is 3.40. The molecule has 3 atom stereocenters. The Bertz CT molecular complexity index is 981. The number of ether oxygens (including phenoxy) is 1. The first-order valence-corrected chi connectivity index (χ1v) is 9.29. The van der Waals surface area contributed by atoms with Crippen molar-refractivity contribution in [1.82, 2.24) is 9.97 Å². The van der Waals surface area contributed by atoms with Gasteiger partial charge >= 0.3 is 0 Å². The predicted molar refractivity (Wildman–Crippen MR) is 106 cm³/mol. The quantitative estimate of drug-likeness (QED) is 0.771. The smallest absolute Gasteiger partial charge is 0.275 e. The summed E-state index contributed by atoms with van der Waals surface area (Å²) >= 11 is 0. The molecule has 2 heterocycles. The number of anilines is 1. The summed E-state index contributed by atoms with van der Waals surface area (Å²) in [5.41, 5.74) is 1.99. The molecule has 0 saturated carbocycles. The van der Waals surface area contributed by atoms with Gasteiger partial charge in [-0.25, -0.2) is 23.1 Å². The van der Waals surface area contributed by atoms with Crippen LogP contribution in [0.3, 0.4) is 0 Å². The minimum Gasteiger partial charge on any atom is -0.480 e. The van der Waals surface area contributed by atoms with Crippen LogP contribution in [0.25, 0.3) is 0 Å². The van der Waals surface area contributed by atoms with Crippen LogP contribution in [0.15, 0.2) is 35.6 Å². The number of hydrogen-bond acceptors (Lipinski definition) is 6. The van der Waals surface area contributed by atoms with E-state index >= 15 is 4.39 Å². The van der Waals surface area contributed by atoms with Crippen molar-refractivity contribution in [2.24, 2.45) is 10.7 Å². The largest absolute Gasteiger partial charge is 0.480 e. The number of benzene rings is 1. The molecule has 30 heavy (non-hydrogen) atoms. The lowest BCUT2D eigenvalue weighted by atomic mass is 9.76. The first-order valence-electron chi connectivity index (χ1n) is 9.29. The average molecular weight is 421 g/mol. The lowest BCUT2D eigenvalue weighted by molar-refractivity contribution is 0.0950. The normalized spacial score (nSPS) is 26.1. The molecule has 0 radical (unpaired) electrons. The summed E-state index contributed by atoms with van der Waals surface area (Å²) < 4.78 is 49.1. The first kappa shape index (κ1) is 21.5. The standard InChI is InChI=1S/C20H22F3N5O2/c1-4-20(15(22)8-19(2,23)18(24)28-20)12-7-11(5-6-13(12)21)27-17(29)14-9-26-16(30-3)10-25-14/h5-7,9-10,15H,4,8H2,1-3H3,(H2,24,28)(H,27,29)/t15-,19-,20+/m0/s1. The summed E-state index contributed by atoms with van der Waals surface area (Å²) in [4.78, 5) is 24.3. The second-order valence-electron chi connectivity index (χ2n) is 7.24. The van der Waals surface area contributed by atoms with Gasteiger partial charge in [-0.15, -0.1) is 0 Å². The van der Waals surface area contributed by atoms with E-state index in [1.807, 2.05) is 0 Å². The number of halogens is 3. The number of hydrogen-bond donors (Lipinski definition) is 2. The zero-order valence-electron chi connectivity index (χ0n) is 16.7. The molecule has 0 unspecified atom stereocenters. The molecule has 3 rings (SSSR count). The molecule has 0 saturated heterocycles. The number of nitrogens with zero attached hydrogens (tertiary/aromatic N) is 3. The molecule has 2 aromatic rings. The maximum Gasteiger partial charge on any atom is 0.275 e. The lowest BCUT2D eigenvalue weighted by Crippen LogP contribution is -2.52. The van der Waals surface area contributed by atoms with Gasteiger partial charge in [0.05, 0.1) is 19.5 Å². The molecule has 1 aromatic carbocycles. The van der Waals surface area contributed by atoms with Gasteiger partial charge < -0.3 is 15.8 Å². The summed E-state index contributed by atoms with van der Waals surface area (Å²) in [6, 6.07) is 3.68. The van der Waals surface area contributed by atoms with Crippen LogP contribution in [-0.4, -0.2) is 40.7 Å². The van der Waals surface area contributed by atoms with E-state index in [2.05, 4.69) is 20.3 Å². The number of alkyl halides is 2. The molecular formula is C20H22F3N5O2. The summed E-state index contributed by atoms with van der Waals surface area (Å²) in [7, 11) is 1.41. The van der Waals surface area contributed by atoms with Gasteiger partial charge in [0.2, 0.25) is 5.88 Å². The van der Waals surface area contributed by atoms with Gasteiger partial charge in [0, 0.05) is 17.7 Å². The zero-order chi connectivity index (χ0) is 22.1. The van der Waals surface area contributed by atoms with Gasteiger partial charge in [-0.05, 0) is 31.5 Å². The Morgan fingerprint density at radius 2 is 2.10 bits per heavy atom. The third kappa shape index (κ3) is 3.81.